The summed E-state index contributed by atoms with van der Waals surface area (Å²) >= 11 is 0. The topological polar surface area (TPSA) is 58.6 Å². The third kappa shape index (κ3) is 4.81. The van der Waals surface area contributed by atoms with Crippen molar-refractivity contribution in [2.75, 3.05) is 18.4 Å². The van der Waals surface area contributed by atoms with Crippen molar-refractivity contribution in [3.05, 3.63) is 66.0 Å². The van der Waals surface area contributed by atoms with E-state index in [1.54, 1.807) is 17.0 Å². The lowest BCUT2D eigenvalue weighted by Crippen LogP contribution is -2.42. The predicted octanol–water partition coefficient (Wildman–Crippen LogP) is 3.81. The summed E-state index contributed by atoms with van der Waals surface area (Å²) in [7, 11) is 0. The van der Waals surface area contributed by atoms with Gasteiger partial charge in [0.15, 0.2) is 0 Å². The zero-order valence-corrected chi connectivity index (χ0v) is 14.4. The van der Waals surface area contributed by atoms with Crippen LogP contribution in [0.25, 0.3) is 0 Å². The third-order valence-corrected chi connectivity index (χ3v) is 4.43. The Morgan fingerprint density at radius 2 is 1.69 bits per heavy atom. The number of urea groups is 1. The molecule has 0 spiro atoms. The fourth-order valence-electron chi connectivity index (χ4n) is 2.90. The normalized spacial score (nSPS) is 14.7. The molecule has 0 radical (unpaired) electrons. The standard InChI is InChI=1S/C20H21FN2O3/c21-17-8-6-15(7-9-17)14-26-19(24)16-10-12-23(13-11-16)20(25)22-18-4-2-1-3-5-18/h1-9,16H,10-14H2,(H,22,25). The van der Waals surface area contributed by atoms with Crippen LogP contribution in [0.15, 0.2) is 54.6 Å². The number of halogens is 1. The zero-order valence-electron chi connectivity index (χ0n) is 14.4. The molecule has 2 aromatic rings. The van der Waals surface area contributed by atoms with Crippen LogP contribution in [0, 0.1) is 11.7 Å². The summed E-state index contributed by atoms with van der Waals surface area (Å²) in [5.74, 6) is -0.796. The van der Waals surface area contributed by atoms with Crippen molar-refractivity contribution in [1.82, 2.24) is 4.90 Å². The number of hydrogen-bond donors (Lipinski definition) is 1. The summed E-state index contributed by atoms with van der Waals surface area (Å²) in [4.78, 5) is 26.1. The molecule has 1 aliphatic rings. The van der Waals surface area contributed by atoms with Gasteiger partial charge in [-0.05, 0) is 42.7 Å². The van der Waals surface area contributed by atoms with E-state index >= 15 is 0 Å². The second-order valence-electron chi connectivity index (χ2n) is 6.29. The first-order valence-electron chi connectivity index (χ1n) is 8.64. The van der Waals surface area contributed by atoms with Gasteiger partial charge >= 0.3 is 12.0 Å². The molecule has 2 aromatic carbocycles. The first-order chi connectivity index (χ1) is 12.6. The highest BCUT2D eigenvalue weighted by Crippen LogP contribution is 2.20. The first-order valence-corrected chi connectivity index (χ1v) is 8.64. The molecule has 1 heterocycles. The maximum absolute atomic E-state index is 12.9. The number of nitrogens with one attached hydrogen (secondary N) is 1. The van der Waals surface area contributed by atoms with Crippen molar-refractivity contribution in [3.63, 3.8) is 0 Å². The number of amides is 2. The number of esters is 1. The molecule has 1 aliphatic heterocycles. The number of piperidine rings is 1. The van der Waals surface area contributed by atoms with Crippen LogP contribution in [0.2, 0.25) is 0 Å². The molecular formula is C20H21FN2O3. The smallest absolute Gasteiger partial charge is 0.321 e. The largest absolute Gasteiger partial charge is 0.461 e. The number of nitrogens with zero attached hydrogens (tertiary/aromatic N) is 1. The van der Waals surface area contributed by atoms with E-state index in [1.807, 2.05) is 30.3 Å². The van der Waals surface area contributed by atoms with Crippen LogP contribution in [0.1, 0.15) is 18.4 Å². The van der Waals surface area contributed by atoms with Crippen molar-refractivity contribution in [2.24, 2.45) is 5.92 Å². The van der Waals surface area contributed by atoms with E-state index in [4.69, 9.17) is 4.74 Å². The number of rotatable bonds is 4. The summed E-state index contributed by atoms with van der Waals surface area (Å²) in [6.45, 7) is 1.15. The van der Waals surface area contributed by atoms with E-state index in [9.17, 15) is 14.0 Å². The molecule has 1 saturated heterocycles. The molecule has 2 amide bonds. The van der Waals surface area contributed by atoms with Gasteiger partial charge < -0.3 is 15.0 Å². The van der Waals surface area contributed by atoms with Crippen LogP contribution in [-0.4, -0.2) is 30.0 Å². The van der Waals surface area contributed by atoms with Gasteiger partial charge in [-0.3, -0.25) is 4.79 Å². The monoisotopic (exact) mass is 356 g/mol. The van der Waals surface area contributed by atoms with Crippen LogP contribution in [-0.2, 0) is 16.1 Å². The van der Waals surface area contributed by atoms with E-state index < -0.39 is 0 Å². The second-order valence-corrected chi connectivity index (χ2v) is 6.29. The Bertz CT molecular complexity index is 741. The second kappa shape index (κ2) is 8.47. The Hall–Kier alpha value is -2.89. The Morgan fingerprint density at radius 3 is 2.35 bits per heavy atom. The van der Waals surface area contributed by atoms with Crippen LogP contribution in [0.5, 0.6) is 0 Å². The SMILES string of the molecule is O=C(OCc1ccc(F)cc1)C1CCN(C(=O)Nc2ccccc2)CC1. The molecule has 26 heavy (non-hydrogen) atoms. The quantitative estimate of drug-likeness (QED) is 0.848. The van der Waals surface area contributed by atoms with Gasteiger partial charge in [-0.2, -0.15) is 0 Å². The Balaban J connectivity index is 1.43. The summed E-state index contributed by atoms with van der Waals surface area (Å²) < 4.78 is 18.2. The van der Waals surface area contributed by atoms with Crippen molar-refractivity contribution < 1.29 is 18.7 Å². The number of benzene rings is 2. The van der Waals surface area contributed by atoms with Gasteiger partial charge in [0.25, 0.3) is 0 Å². The fourth-order valence-corrected chi connectivity index (χ4v) is 2.90. The molecular weight excluding hydrogens is 335 g/mol. The zero-order chi connectivity index (χ0) is 18.4. The average Bonchev–Trinajstić information content (AvgIpc) is 2.68. The molecule has 1 fully saturated rings. The van der Waals surface area contributed by atoms with Crippen LogP contribution in [0.4, 0.5) is 14.9 Å². The molecule has 0 atom stereocenters. The summed E-state index contributed by atoms with van der Waals surface area (Å²) in [5, 5.41) is 2.85. The molecule has 5 nitrogen and oxygen atoms in total. The number of carbonyl (C=O) groups is 2. The van der Waals surface area contributed by atoms with Gasteiger partial charge in [-0.25, -0.2) is 9.18 Å². The van der Waals surface area contributed by atoms with E-state index in [-0.39, 0.29) is 30.3 Å². The highest BCUT2D eigenvalue weighted by molar-refractivity contribution is 5.89. The molecule has 1 N–H and O–H groups in total. The first kappa shape index (κ1) is 17.9. The number of likely N-dealkylation sites (tertiary alicyclic amines) is 1. The lowest BCUT2D eigenvalue weighted by molar-refractivity contribution is -0.151. The van der Waals surface area contributed by atoms with Crippen molar-refractivity contribution in [3.8, 4) is 0 Å². The summed E-state index contributed by atoms with van der Waals surface area (Å²) in [5.41, 5.74) is 1.50. The summed E-state index contributed by atoms with van der Waals surface area (Å²) in [6, 6.07) is 15.0. The van der Waals surface area contributed by atoms with E-state index in [0.29, 0.717) is 25.9 Å². The van der Waals surface area contributed by atoms with Gasteiger partial charge in [0, 0.05) is 18.8 Å². The van der Waals surface area contributed by atoms with Crippen LogP contribution >= 0.6 is 0 Å². The van der Waals surface area contributed by atoms with Gasteiger partial charge in [0.1, 0.15) is 12.4 Å². The number of carbonyl (C=O) groups excluding carboxylic acids is 2. The molecule has 0 bridgehead atoms. The van der Waals surface area contributed by atoms with Crippen molar-refractivity contribution in [2.45, 2.75) is 19.4 Å². The molecule has 6 heteroatoms. The minimum atomic E-state index is -0.318. The molecule has 0 unspecified atom stereocenters. The minimum Gasteiger partial charge on any atom is -0.461 e. The fraction of sp³-hybridized carbons (Fsp3) is 0.300. The third-order valence-electron chi connectivity index (χ3n) is 4.43. The molecule has 3 rings (SSSR count). The van der Waals surface area contributed by atoms with Crippen molar-refractivity contribution >= 4 is 17.7 Å². The lowest BCUT2D eigenvalue weighted by atomic mass is 9.97. The van der Waals surface area contributed by atoms with Gasteiger partial charge in [0.2, 0.25) is 0 Å². The summed E-state index contributed by atoms with van der Waals surface area (Å²) in [6.07, 6.45) is 1.15. The van der Waals surface area contributed by atoms with Crippen molar-refractivity contribution in [1.29, 1.82) is 0 Å². The Morgan fingerprint density at radius 1 is 1.04 bits per heavy atom. The van der Waals surface area contributed by atoms with Gasteiger partial charge in [0.05, 0.1) is 5.92 Å². The lowest BCUT2D eigenvalue weighted by Gasteiger charge is -2.31. The molecule has 0 aliphatic carbocycles. The maximum Gasteiger partial charge on any atom is 0.321 e. The minimum absolute atomic E-state index is 0.133. The number of hydrogen-bond acceptors (Lipinski definition) is 3. The van der Waals surface area contributed by atoms with E-state index in [2.05, 4.69) is 5.32 Å². The van der Waals surface area contributed by atoms with Gasteiger partial charge in [-0.15, -0.1) is 0 Å². The van der Waals surface area contributed by atoms with Gasteiger partial charge in [-0.1, -0.05) is 30.3 Å². The molecule has 136 valence electrons. The highest BCUT2D eigenvalue weighted by Gasteiger charge is 2.28. The molecule has 0 aromatic heterocycles. The van der Waals surface area contributed by atoms with Crippen LogP contribution in [0.3, 0.4) is 0 Å². The van der Waals surface area contributed by atoms with E-state index in [1.165, 1.54) is 12.1 Å². The number of para-hydroxylation sites is 1. The highest BCUT2D eigenvalue weighted by atomic mass is 19.1. The maximum atomic E-state index is 12.9. The number of ether oxygens (including phenoxy) is 1. The number of anilines is 1. The Kier molecular flexibility index (Phi) is 5.84. The van der Waals surface area contributed by atoms with E-state index in [0.717, 1.165) is 11.3 Å². The predicted molar refractivity (Wildman–Crippen MR) is 96.0 cm³/mol. The molecule has 0 saturated carbocycles. The Labute approximate surface area is 151 Å². The average molecular weight is 356 g/mol. The van der Waals surface area contributed by atoms with Crippen LogP contribution < -0.4 is 5.32 Å².